The molecule has 0 radical (unpaired) electrons. The quantitative estimate of drug-likeness (QED) is 0.707. The predicted octanol–water partition coefficient (Wildman–Crippen LogP) is 4.47. The van der Waals surface area contributed by atoms with Crippen LogP contribution in [0.1, 0.15) is 44.1 Å². The smallest absolute Gasteiger partial charge is 0.228 e. The van der Waals surface area contributed by atoms with Crippen LogP contribution < -0.4 is 4.90 Å². The zero-order valence-corrected chi connectivity index (χ0v) is 19.2. The van der Waals surface area contributed by atoms with Crippen molar-refractivity contribution in [3.63, 3.8) is 0 Å². The number of nitrogens with zero attached hydrogens (tertiary/aromatic N) is 4. The number of aryl methyl sites for hydroxylation is 1. The van der Waals surface area contributed by atoms with Gasteiger partial charge in [0.2, 0.25) is 11.9 Å². The zero-order valence-electron chi connectivity index (χ0n) is 18.4. The number of amides is 1. The first-order chi connectivity index (χ1) is 14.6. The predicted molar refractivity (Wildman–Crippen MR) is 125 cm³/mol. The number of imidazole rings is 1. The highest BCUT2D eigenvalue weighted by Gasteiger charge is 2.55. The van der Waals surface area contributed by atoms with Gasteiger partial charge < -0.3 is 9.80 Å². The van der Waals surface area contributed by atoms with Gasteiger partial charge in [0.1, 0.15) is 0 Å². The third-order valence-electron chi connectivity index (χ3n) is 8.27. The Balaban J connectivity index is 0.00000204. The minimum absolute atomic E-state index is 0. The number of benzene rings is 1. The Kier molecular flexibility index (Phi) is 5.28. The third kappa shape index (κ3) is 3.55. The van der Waals surface area contributed by atoms with Gasteiger partial charge in [-0.15, -0.1) is 12.4 Å². The summed E-state index contributed by atoms with van der Waals surface area (Å²) >= 11 is 0. The van der Waals surface area contributed by atoms with E-state index in [4.69, 9.17) is 0 Å². The maximum atomic E-state index is 13.7. The molecule has 0 unspecified atom stereocenters. The SMILES string of the molecule is Cc1ccc(-n2ccnc2N2CCN(C(=O)C34CC5CC(CC(C5)C3)C4)CC2)cc1.Cl. The lowest BCUT2D eigenvalue weighted by molar-refractivity contribution is -0.158. The minimum atomic E-state index is -0.0166. The summed E-state index contributed by atoms with van der Waals surface area (Å²) in [5.41, 5.74) is 2.38. The summed E-state index contributed by atoms with van der Waals surface area (Å²) in [6, 6.07) is 8.57. The molecule has 2 heterocycles. The van der Waals surface area contributed by atoms with Gasteiger partial charge in [-0.25, -0.2) is 4.98 Å². The molecule has 0 atom stereocenters. The van der Waals surface area contributed by atoms with Crippen LogP contribution in [-0.2, 0) is 4.79 Å². The lowest BCUT2D eigenvalue weighted by Gasteiger charge is -2.57. The van der Waals surface area contributed by atoms with Crippen molar-refractivity contribution in [2.45, 2.75) is 45.4 Å². The first-order valence-corrected chi connectivity index (χ1v) is 11.7. The van der Waals surface area contributed by atoms with E-state index in [1.54, 1.807) is 0 Å². The summed E-state index contributed by atoms with van der Waals surface area (Å²) in [6.45, 7) is 5.48. The van der Waals surface area contributed by atoms with Crippen LogP contribution >= 0.6 is 12.4 Å². The van der Waals surface area contributed by atoms with Crippen LogP contribution in [0.3, 0.4) is 0 Å². The number of aromatic nitrogens is 2. The van der Waals surface area contributed by atoms with E-state index in [9.17, 15) is 4.79 Å². The number of halogens is 1. The molecule has 2 aromatic rings. The Morgan fingerprint density at radius 3 is 2.10 bits per heavy atom. The van der Waals surface area contributed by atoms with Gasteiger partial charge in [0.15, 0.2) is 0 Å². The van der Waals surface area contributed by atoms with Crippen LogP contribution in [0.4, 0.5) is 5.95 Å². The molecule has 1 aromatic heterocycles. The number of rotatable bonds is 3. The van der Waals surface area contributed by atoms with Crippen molar-refractivity contribution >= 4 is 24.3 Å². The molecule has 5 fully saturated rings. The average molecular weight is 441 g/mol. The van der Waals surface area contributed by atoms with Gasteiger partial charge >= 0.3 is 0 Å². The number of carbonyl (C=O) groups is 1. The van der Waals surface area contributed by atoms with E-state index in [2.05, 4.69) is 50.5 Å². The minimum Gasteiger partial charge on any atom is -0.339 e. The molecule has 6 heteroatoms. The fourth-order valence-electron chi connectivity index (χ4n) is 7.25. The summed E-state index contributed by atoms with van der Waals surface area (Å²) < 4.78 is 2.16. The lowest BCUT2D eigenvalue weighted by atomic mass is 9.49. The van der Waals surface area contributed by atoms with Gasteiger partial charge in [-0.05, 0) is 75.3 Å². The van der Waals surface area contributed by atoms with Gasteiger partial charge in [-0.3, -0.25) is 9.36 Å². The molecule has 5 nitrogen and oxygen atoms in total. The summed E-state index contributed by atoms with van der Waals surface area (Å²) in [7, 11) is 0. The molecule has 1 aromatic carbocycles. The van der Waals surface area contributed by atoms with E-state index < -0.39 is 0 Å². The van der Waals surface area contributed by atoms with Crippen LogP contribution in [0.5, 0.6) is 0 Å². The van der Waals surface area contributed by atoms with Crippen molar-refractivity contribution in [2.24, 2.45) is 23.2 Å². The molecule has 5 aliphatic rings. The van der Waals surface area contributed by atoms with E-state index in [-0.39, 0.29) is 17.8 Å². The van der Waals surface area contributed by atoms with Crippen molar-refractivity contribution in [2.75, 3.05) is 31.1 Å². The van der Waals surface area contributed by atoms with E-state index in [0.717, 1.165) is 74.8 Å². The van der Waals surface area contributed by atoms with Crippen LogP contribution in [0.15, 0.2) is 36.7 Å². The fraction of sp³-hybridized carbons (Fsp3) is 0.600. The van der Waals surface area contributed by atoms with Crippen LogP contribution in [-0.4, -0.2) is 46.5 Å². The van der Waals surface area contributed by atoms with Crippen molar-refractivity contribution in [3.05, 3.63) is 42.2 Å². The highest BCUT2D eigenvalue weighted by atomic mass is 35.5. The number of anilines is 1. The molecule has 1 saturated heterocycles. The molecule has 4 bridgehead atoms. The number of hydrogen-bond acceptors (Lipinski definition) is 3. The Morgan fingerprint density at radius 2 is 1.52 bits per heavy atom. The molecular formula is C25H33ClN4O. The highest BCUT2D eigenvalue weighted by Crippen LogP contribution is 2.60. The largest absolute Gasteiger partial charge is 0.339 e. The normalized spacial score (nSPS) is 31.6. The number of hydrogen-bond donors (Lipinski definition) is 0. The van der Waals surface area contributed by atoms with E-state index in [0.29, 0.717) is 5.91 Å². The van der Waals surface area contributed by atoms with Crippen molar-refractivity contribution in [1.82, 2.24) is 14.5 Å². The van der Waals surface area contributed by atoms with Gasteiger partial charge in [0.25, 0.3) is 0 Å². The second-order valence-electron chi connectivity index (χ2n) is 10.4. The topological polar surface area (TPSA) is 41.4 Å². The third-order valence-corrected chi connectivity index (χ3v) is 8.27. The van der Waals surface area contributed by atoms with E-state index in [1.807, 2.05) is 12.4 Å². The van der Waals surface area contributed by atoms with Gasteiger partial charge in [-0.2, -0.15) is 0 Å². The van der Waals surface area contributed by atoms with Gasteiger partial charge in [-0.1, -0.05) is 17.7 Å². The molecule has 4 aliphatic carbocycles. The van der Waals surface area contributed by atoms with Crippen molar-refractivity contribution in [1.29, 1.82) is 0 Å². The standard InChI is InChI=1S/C25H32N4O.ClH/c1-18-2-4-22(5-3-18)29-7-6-26-24(29)28-10-8-27(9-11-28)23(30)25-15-19-12-20(16-25)14-21(13-19)17-25;/h2-7,19-21H,8-17H2,1H3;1H. The number of piperazine rings is 1. The molecule has 1 amide bonds. The molecule has 7 rings (SSSR count). The summed E-state index contributed by atoms with van der Waals surface area (Å²) in [4.78, 5) is 22.8. The molecule has 31 heavy (non-hydrogen) atoms. The van der Waals surface area contributed by atoms with Crippen LogP contribution in [0, 0.1) is 30.1 Å². The van der Waals surface area contributed by atoms with Gasteiger partial charge in [0.05, 0.1) is 5.41 Å². The molecular weight excluding hydrogens is 408 g/mol. The monoisotopic (exact) mass is 440 g/mol. The second-order valence-corrected chi connectivity index (χ2v) is 10.4. The Bertz CT molecular complexity index is 909. The van der Waals surface area contributed by atoms with Crippen molar-refractivity contribution < 1.29 is 4.79 Å². The van der Waals surface area contributed by atoms with Crippen LogP contribution in [0.2, 0.25) is 0 Å². The van der Waals surface area contributed by atoms with Crippen LogP contribution in [0.25, 0.3) is 5.69 Å². The lowest BCUT2D eigenvalue weighted by Crippen LogP contribution is -2.58. The molecule has 0 N–H and O–H groups in total. The molecule has 1 aliphatic heterocycles. The maximum absolute atomic E-state index is 13.7. The average Bonchev–Trinajstić information content (AvgIpc) is 3.23. The summed E-state index contributed by atoms with van der Waals surface area (Å²) in [5, 5.41) is 0. The fourth-order valence-corrected chi connectivity index (χ4v) is 7.25. The molecule has 0 spiro atoms. The maximum Gasteiger partial charge on any atom is 0.228 e. The summed E-state index contributed by atoms with van der Waals surface area (Å²) in [6.07, 6.45) is 11.6. The van der Waals surface area contributed by atoms with E-state index >= 15 is 0 Å². The Morgan fingerprint density at radius 1 is 0.935 bits per heavy atom. The summed E-state index contributed by atoms with van der Waals surface area (Å²) in [5.74, 6) is 3.93. The first-order valence-electron chi connectivity index (χ1n) is 11.7. The first kappa shape index (κ1) is 20.9. The second kappa shape index (κ2) is 7.84. The number of carbonyl (C=O) groups excluding carboxylic acids is 1. The zero-order chi connectivity index (χ0) is 20.3. The highest BCUT2D eigenvalue weighted by molar-refractivity contribution is 5.85. The van der Waals surface area contributed by atoms with Crippen molar-refractivity contribution in [3.8, 4) is 5.69 Å². The Labute approximate surface area is 191 Å². The molecule has 4 saturated carbocycles. The van der Waals surface area contributed by atoms with Gasteiger partial charge in [0, 0.05) is 44.3 Å². The van der Waals surface area contributed by atoms with E-state index in [1.165, 1.54) is 24.8 Å². The molecule has 166 valence electrons. The Hall–Kier alpha value is -2.01.